The van der Waals surface area contributed by atoms with Crippen LogP contribution in [0.2, 0.25) is 0 Å². The van der Waals surface area contributed by atoms with E-state index in [0.29, 0.717) is 29.7 Å². The molecule has 38 heavy (non-hydrogen) atoms. The number of nitrogens with zero attached hydrogens (tertiary/aromatic N) is 4. The normalized spacial score (nSPS) is 11.9. The zero-order chi connectivity index (χ0) is 27.3. The van der Waals surface area contributed by atoms with Gasteiger partial charge in [0.05, 0.1) is 27.4 Å². The van der Waals surface area contributed by atoms with Crippen molar-refractivity contribution in [2.75, 3.05) is 18.0 Å². The summed E-state index contributed by atoms with van der Waals surface area (Å²) >= 11 is 1.47. The number of benzene rings is 2. The Bertz CT molecular complexity index is 1480. The predicted octanol–water partition coefficient (Wildman–Crippen LogP) is 6.47. The maximum absolute atomic E-state index is 13.9. The molecule has 0 spiro atoms. The number of amides is 1. The SMILES string of the molecule is CCCN(CCC)S(=O)(=O)c1ccc(C(=O)N(Cc2ccccn2)c2nc3c(C(C)C)cccc3s2)cc1. The smallest absolute Gasteiger partial charge is 0.260 e. The standard InChI is InChI=1S/C29H34N4O3S2/c1-5-18-32(19-6-2)38(35,36)24-15-13-22(14-16-24)28(34)33(20-23-10-7-8-17-30-23)29-31-27-25(21(3)4)11-9-12-26(27)37-29/h7-17,21H,5-6,18-20H2,1-4H3. The Morgan fingerprint density at radius 3 is 2.26 bits per heavy atom. The highest BCUT2D eigenvalue weighted by Gasteiger charge is 2.26. The van der Waals surface area contributed by atoms with Gasteiger partial charge in [-0.3, -0.25) is 14.7 Å². The van der Waals surface area contributed by atoms with E-state index in [1.54, 1.807) is 23.2 Å². The largest absolute Gasteiger partial charge is 0.278 e. The van der Waals surface area contributed by atoms with Gasteiger partial charge in [0.25, 0.3) is 5.91 Å². The van der Waals surface area contributed by atoms with Gasteiger partial charge >= 0.3 is 0 Å². The second-order valence-electron chi connectivity index (χ2n) is 9.49. The van der Waals surface area contributed by atoms with Crippen LogP contribution in [-0.4, -0.2) is 41.7 Å². The molecule has 0 aliphatic carbocycles. The van der Waals surface area contributed by atoms with Gasteiger partial charge in [-0.15, -0.1) is 0 Å². The first-order valence-corrected chi connectivity index (χ1v) is 15.2. The molecule has 0 fully saturated rings. The maximum Gasteiger partial charge on any atom is 0.260 e. The molecule has 2 heterocycles. The highest BCUT2D eigenvalue weighted by Crippen LogP contribution is 2.34. The number of carbonyl (C=O) groups excluding carboxylic acids is 1. The number of aromatic nitrogens is 2. The van der Waals surface area contributed by atoms with Crippen molar-refractivity contribution in [2.45, 2.75) is 57.9 Å². The molecule has 0 unspecified atom stereocenters. The average molecular weight is 551 g/mol. The fourth-order valence-corrected chi connectivity index (χ4v) is 6.97. The second-order valence-corrected chi connectivity index (χ2v) is 12.4. The molecule has 0 aliphatic rings. The van der Waals surface area contributed by atoms with Gasteiger partial charge in [0.15, 0.2) is 5.13 Å². The summed E-state index contributed by atoms with van der Waals surface area (Å²) < 4.78 is 28.9. The van der Waals surface area contributed by atoms with E-state index in [9.17, 15) is 13.2 Å². The fourth-order valence-electron chi connectivity index (χ4n) is 4.34. The summed E-state index contributed by atoms with van der Waals surface area (Å²) in [7, 11) is -3.63. The number of thiazole rings is 1. The minimum absolute atomic E-state index is 0.189. The molecule has 2 aromatic carbocycles. The molecule has 4 aromatic rings. The number of hydrogen-bond acceptors (Lipinski definition) is 6. The molecular formula is C29H34N4O3S2. The zero-order valence-electron chi connectivity index (χ0n) is 22.3. The van der Waals surface area contributed by atoms with Crippen LogP contribution < -0.4 is 4.90 Å². The molecule has 7 nitrogen and oxygen atoms in total. The lowest BCUT2D eigenvalue weighted by Crippen LogP contribution is -2.33. The van der Waals surface area contributed by atoms with Crippen molar-refractivity contribution >= 4 is 42.6 Å². The van der Waals surface area contributed by atoms with Crippen molar-refractivity contribution in [1.29, 1.82) is 0 Å². The molecule has 0 atom stereocenters. The van der Waals surface area contributed by atoms with Crippen LogP contribution in [0.4, 0.5) is 5.13 Å². The van der Waals surface area contributed by atoms with Crippen LogP contribution in [-0.2, 0) is 16.6 Å². The van der Waals surface area contributed by atoms with Gasteiger partial charge in [-0.1, -0.05) is 57.2 Å². The van der Waals surface area contributed by atoms with Gasteiger partial charge in [0.2, 0.25) is 10.0 Å². The summed E-state index contributed by atoms with van der Waals surface area (Å²) in [5.74, 6) is 0.0341. The Morgan fingerprint density at radius 2 is 1.66 bits per heavy atom. The molecule has 0 saturated heterocycles. The third-order valence-electron chi connectivity index (χ3n) is 6.27. The van der Waals surface area contributed by atoms with Crippen molar-refractivity contribution in [2.24, 2.45) is 0 Å². The zero-order valence-corrected chi connectivity index (χ0v) is 23.9. The minimum atomic E-state index is -3.63. The quantitative estimate of drug-likeness (QED) is 0.214. The number of para-hydroxylation sites is 1. The van der Waals surface area contributed by atoms with E-state index in [2.05, 4.69) is 24.9 Å². The number of fused-ring (bicyclic) bond motifs is 1. The topological polar surface area (TPSA) is 83.5 Å². The Hall–Kier alpha value is -3.14. The van der Waals surface area contributed by atoms with Gasteiger partial charge in [0.1, 0.15) is 0 Å². The highest BCUT2D eigenvalue weighted by atomic mass is 32.2. The summed E-state index contributed by atoms with van der Waals surface area (Å²) in [5.41, 5.74) is 3.15. The Labute approximate surface area is 229 Å². The third kappa shape index (κ3) is 5.95. The van der Waals surface area contributed by atoms with E-state index in [1.807, 2.05) is 44.2 Å². The Morgan fingerprint density at radius 1 is 0.947 bits per heavy atom. The molecule has 0 N–H and O–H groups in total. The van der Waals surface area contributed by atoms with Gasteiger partial charge < -0.3 is 0 Å². The highest BCUT2D eigenvalue weighted by molar-refractivity contribution is 7.89. The molecule has 0 radical (unpaired) electrons. The van der Waals surface area contributed by atoms with Crippen LogP contribution in [0, 0.1) is 0 Å². The average Bonchev–Trinajstić information content (AvgIpc) is 3.36. The summed E-state index contributed by atoms with van der Waals surface area (Å²) in [6.07, 6.45) is 3.17. The summed E-state index contributed by atoms with van der Waals surface area (Å²) in [5, 5.41) is 0.581. The molecule has 0 saturated carbocycles. The first kappa shape index (κ1) is 27.9. The van der Waals surface area contributed by atoms with Crippen molar-refractivity contribution in [3.63, 3.8) is 0 Å². The first-order valence-electron chi connectivity index (χ1n) is 13.0. The third-order valence-corrected chi connectivity index (χ3v) is 9.22. The number of sulfonamides is 1. The number of anilines is 1. The van der Waals surface area contributed by atoms with Gasteiger partial charge in [-0.2, -0.15) is 4.31 Å². The predicted molar refractivity (Wildman–Crippen MR) is 154 cm³/mol. The molecule has 4 rings (SSSR count). The molecule has 1 amide bonds. The fraction of sp³-hybridized carbons (Fsp3) is 0.345. The number of carbonyl (C=O) groups is 1. The molecule has 0 bridgehead atoms. The lowest BCUT2D eigenvalue weighted by Gasteiger charge is -2.22. The lowest BCUT2D eigenvalue weighted by atomic mass is 10.0. The Balaban J connectivity index is 1.71. The van der Waals surface area contributed by atoms with Crippen LogP contribution in [0.3, 0.4) is 0 Å². The van der Waals surface area contributed by atoms with E-state index in [-0.39, 0.29) is 17.3 Å². The van der Waals surface area contributed by atoms with Crippen LogP contribution in [0.25, 0.3) is 10.2 Å². The van der Waals surface area contributed by atoms with Gasteiger partial charge in [-0.25, -0.2) is 13.4 Å². The monoisotopic (exact) mass is 550 g/mol. The summed E-state index contributed by atoms with van der Waals surface area (Å²) in [6.45, 7) is 9.35. The van der Waals surface area contributed by atoms with Crippen molar-refractivity contribution in [3.05, 3.63) is 83.7 Å². The van der Waals surface area contributed by atoms with E-state index in [1.165, 1.54) is 27.8 Å². The molecular weight excluding hydrogens is 516 g/mol. The molecule has 2 aromatic heterocycles. The Kier molecular flexibility index (Phi) is 8.91. The minimum Gasteiger partial charge on any atom is -0.278 e. The van der Waals surface area contributed by atoms with Crippen LogP contribution in [0.5, 0.6) is 0 Å². The van der Waals surface area contributed by atoms with E-state index in [4.69, 9.17) is 4.98 Å². The van der Waals surface area contributed by atoms with E-state index in [0.717, 1.165) is 34.3 Å². The van der Waals surface area contributed by atoms with Crippen LogP contribution >= 0.6 is 11.3 Å². The summed E-state index contributed by atoms with van der Waals surface area (Å²) in [6, 6.07) is 17.9. The molecule has 9 heteroatoms. The van der Waals surface area contributed by atoms with Crippen molar-refractivity contribution < 1.29 is 13.2 Å². The first-order chi connectivity index (χ1) is 18.3. The van der Waals surface area contributed by atoms with E-state index < -0.39 is 10.0 Å². The summed E-state index contributed by atoms with van der Waals surface area (Å²) in [4.78, 5) is 25.0. The number of hydrogen-bond donors (Lipinski definition) is 0. The molecule has 200 valence electrons. The molecule has 0 aliphatic heterocycles. The number of rotatable bonds is 11. The number of pyridine rings is 1. The second kappa shape index (κ2) is 12.1. The van der Waals surface area contributed by atoms with Crippen molar-refractivity contribution in [3.8, 4) is 0 Å². The lowest BCUT2D eigenvalue weighted by molar-refractivity contribution is 0.0984. The van der Waals surface area contributed by atoms with Crippen molar-refractivity contribution in [1.82, 2.24) is 14.3 Å². The van der Waals surface area contributed by atoms with Crippen LogP contribution in [0.1, 0.15) is 68.1 Å². The maximum atomic E-state index is 13.9. The van der Waals surface area contributed by atoms with Crippen LogP contribution in [0.15, 0.2) is 71.8 Å². The van der Waals surface area contributed by atoms with Gasteiger partial charge in [0, 0.05) is 24.8 Å². The van der Waals surface area contributed by atoms with Gasteiger partial charge in [-0.05, 0) is 66.8 Å². The van der Waals surface area contributed by atoms with E-state index >= 15 is 0 Å².